The van der Waals surface area contributed by atoms with Crippen LogP contribution in [0.1, 0.15) is 2.85 Å². The van der Waals surface area contributed by atoms with E-state index in [1.165, 1.54) is 0 Å². The summed E-state index contributed by atoms with van der Waals surface area (Å²) in [5, 5.41) is 0. The molecule has 4 N–H and O–H groups in total. The van der Waals surface area contributed by atoms with E-state index in [2.05, 4.69) is 0 Å². The Kier molecular flexibility index (Phi) is 56.8. The largest absolute Gasteiger partial charge is 2.00 e. The molecule has 0 aliphatic carbocycles. The first-order chi connectivity index (χ1) is 4.00. The van der Waals surface area contributed by atoms with Crippen molar-refractivity contribution in [2.75, 3.05) is 0 Å². The molecule has 0 bridgehead atoms. The Morgan fingerprint density at radius 1 is 0.667 bits per heavy atom. The van der Waals surface area contributed by atoms with E-state index in [1.54, 1.807) is 0 Å². The standard InChI is InChI=1S/Ca.2ClH.2Na.2H2O4S.2H/c;;;;;2*1-5(2,3)4;;/h;2*1H;;;2*(H2,1,2,3,4);;/q+2;;;2*+1;;;2*-1/p-2. The van der Waals surface area contributed by atoms with E-state index in [-0.39, 0.29) is 125 Å². The maximum atomic E-state index is 8.74. The van der Waals surface area contributed by atoms with E-state index >= 15 is 0 Å². The molecule has 0 aliphatic heterocycles. The van der Waals surface area contributed by atoms with Crippen LogP contribution in [-0.4, -0.2) is 72.8 Å². The van der Waals surface area contributed by atoms with Gasteiger partial charge in [0.1, 0.15) is 0 Å². The molecule has 0 aliphatic rings. The molecule has 0 spiro atoms. The van der Waals surface area contributed by atoms with Crippen molar-refractivity contribution in [3.63, 3.8) is 0 Å². The maximum Gasteiger partial charge on any atom is 2.00 e. The molecule has 0 aromatic carbocycles. The number of hydrogen-bond acceptors (Lipinski definition) is 4. The molecular weight excluding hydrogens is 349 g/mol. The summed E-state index contributed by atoms with van der Waals surface area (Å²) >= 11 is 0. The van der Waals surface area contributed by atoms with Gasteiger partial charge in [-0.2, -0.15) is 16.8 Å². The van der Waals surface area contributed by atoms with Gasteiger partial charge in [-0.1, -0.05) is 0 Å². The Labute approximate surface area is 177 Å². The smallest absolute Gasteiger partial charge is 1.00 e. The van der Waals surface area contributed by atoms with Crippen LogP contribution in [0.3, 0.4) is 0 Å². The Hall–Kier alpha value is 3.58. The minimum Gasteiger partial charge on any atom is -1.00 e. The van der Waals surface area contributed by atoms with E-state index in [1.807, 2.05) is 0 Å². The van der Waals surface area contributed by atoms with Crippen LogP contribution in [0.4, 0.5) is 0 Å². The predicted octanol–water partition coefficient (Wildman–Crippen LogP) is -13.4. The summed E-state index contributed by atoms with van der Waals surface area (Å²) in [6, 6.07) is 0. The van der Waals surface area contributed by atoms with Gasteiger partial charge in [0.25, 0.3) is 0 Å². The SMILES string of the molecule is O=S(=O)(O)O.O=S(=O)(O)O.[Ca+2].[Cl-].[Cl-].[H-].[H-].[Na+].[Na+]. The van der Waals surface area contributed by atoms with Crippen molar-refractivity contribution in [1.29, 1.82) is 0 Å². The molecule has 0 radical (unpaired) electrons. The Morgan fingerprint density at radius 3 is 0.667 bits per heavy atom. The quantitative estimate of drug-likeness (QED) is 0.247. The fraction of sp³-hybridized carbons (Fsp3) is 0. The van der Waals surface area contributed by atoms with E-state index in [9.17, 15) is 0 Å². The minimum atomic E-state index is -4.67. The van der Waals surface area contributed by atoms with Crippen LogP contribution in [0.25, 0.3) is 0 Å². The summed E-state index contributed by atoms with van der Waals surface area (Å²) in [6.45, 7) is 0. The van der Waals surface area contributed by atoms with Crippen LogP contribution >= 0.6 is 0 Å². The third-order valence-electron chi connectivity index (χ3n) is 0. The van der Waals surface area contributed by atoms with Gasteiger partial charge in [0.2, 0.25) is 0 Å². The normalized spacial score (nSPS) is 7.73. The molecule has 15 heavy (non-hydrogen) atoms. The molecule has 0 amide bonds. The van der Waals surface area contributed by atoms with Crippen LogP contribution in [0.5, 0.6) is 0 Å². The fourth-order valence-corrected chi connectivity index (χ4v) is 0. The Bertz CT molecular complexity index is 234. The van der Waals surface area contributed by atoms with Crippen molar-refractivity contribution < 1.29 is 122 Å². The van der Waals surface area contributed by atoms with Gasteiger partial charge in [-0.15, -0.1) is 0 Å². The first-order valence-corrected chi connectivity index (χ1v) is 4.19. The van der Waals surface area contributed by atoms with Crippen molar-refractivity contribution in [2.24, 2.45) is 0 Å². The molecule has 8 nitrogen and oxygen atoms in total. The topological polar surface area (TPSA) is 149 Å². The summed E-state index contributed by atoms with van der Waals surface area (Å²) in [4.78, 5) is 0. The van der Waals surface area contributed by atoms with Crippen molar-refractivity contribution in [3.05, 3.63) is 0 Å². The van der Waals surface area contributed by atoms with E-state index in [4.69, 9.17) is 35.0 Å². The van der Waals surface area contributed by atoms with Gasteiger partial charge >= 0.3 is 118 Å². The molecule has 15 heteroatoms. The Balaban J connectivity index is -0.00000000762. The van der Waals surface area contributed by atoms with Crippen LogP contribution < -0.4 is 83.9 Å². The molecule has 0 unspecified atom stereocenters. The summed E-state index contributed by atoms with van der Waals surface area (Å²) < 4.78 is 63.2. The second kappa shape index (κ2) is 19.9. The second-order valence-corrected chi connectivity index (χ2v) is 2.69. The number of rotatable bonds is 0. The third kappa shape index (κ3) is 333. The van der Waals surface area contributed by atoms with Crippen molar-refractivity contribution in [2.45, 2.75) is 0 Å². The Morgan fingerprint density at radius 2 is 0.667 bits per heavy atom. The zero-order valence-corrected chi connectivity index (χ0v) is 17.1. The van der Waals surface area contributed by atoms with Gasteiger partial charge in [0.15, 0.2) is 0 Å². The summed E-state index contributed by atoms with van der Waals surface area (Å²) in [5.41, 5.74) is 0. The van der Waals surface area contributed by atoms with E-state index < -0.39 is 20.8 Å². The minimum absolute atomic E-state index is 0. The molecule has 0 aromatic rings. The van der Waals surface area contributed by atoms with Gasteiger partial charge in [-0.25, -0.2) is 0 Å². The fourth-order valence-electron chi connectivity index (χ4n) is 0. The van der Waals surface area contributed by atoms with E-state index in [0.717, 1.165) is 0 Å². The summed E-state index contributed by atoms with van der Waals surface area (Å²) in [7, 11) is -9.33. The third-order valence-corrected chi connectivity index (χ3v) is 0. The van der Waals surface area contributed by atoms with E-state index in [0.29, 0.717) is 0 Å². The van der Waals surface area contributed by atoms with Crippen LogP contribution in [-0.2, 0) is 20.8 Å². The average molecular weight is 355 g/mol. The predicted molar refractivity (Wildman–Crippen MR) is 36.3 cm³/mol. The van der Waals surface area contributed by atoms with Crippen molar-refractivity contribution in [3.8, 4) is 0 Å². The van der Waals surface area contributed by atoms with Gasteiger partial charge < -0.3 is 27.7 Å². The molecule has 0 saturated carbocycles. The van der Waals surface area contributed by atoms with Crippen LogP contribution in [0.15, 0.2) is 0 Å². The molecule has 0 atom stereocenters. The van der Waals surface area contributed by atoms with Gasteiger partial charge in [-0.3, -0.25) is 18.2 Å². The second-order valence-electron chi connectivity index (χ2n) is 0.896. The zero-order chi connectivity index (χ0) is 9.00. The number of hydrogen-bond donors (Lipinski definition) is 4. The molecular formula is H6CaCl2Na2O8S2. The summed E-state index contributed by atoms with van der Waals surface area (Å²) in [6.07, 6.45) is 0. The van der Waals surface area contributed by atoms with Crippen molar-refractivity contribution >= 4 is 58.5 Å². The molecule has 0 saturated heterocycles. The monoisotopic (exact) mass is 354 g/mol. The maximum absolute atomic E-state index is 8.74. The van der Waals surface area contributed by atoms with Crippen LogP contribution in [0, 0.1) is 0 Å². The molecule has 84 valence electrons. The van der Waals surface area contributed by atoms with Gasteiger partial charge in [-0.05, 0) is 0 Å². The molecule has 0 heterocycles. The first-order valence-electron chi connectivity index (χ1n) is 1.40. The average Bonchev–Trinajstić information content (AvgIpc) is 1.12. The molecule has 0 aromatic heterocycles. The molecule has 0 rings (SSSR count). The van der Waals surface area contributed by atoms with Gasteiger partial charge in [0.05, 0.1) is 0 Å². The summed E-state index contributed by atoms with van der Waals surface area (Å²) in [5.74, 6) is 0. The van der Waals surface area contributed by atoms with Gasteiger partial charge in [0, 0.05) is 0 Å². The zero-order valence-electron chi connectivity index (χ0n) is 9.70. The van der Waals surface area contributed by atoms with Crippen molar-refractivity contribution in [1.82, 2.24) is 0 Å². The first kappa shape index (κ1) is 42.8. The molecule has 0 fully saturated rings. The number of halogens is 2. The van der Waals surface area contributed by atoms with Crippen LogP contribution in [0.2, 0.25) is 0 Å².